The van der Waals surface area contributed by atoms with Crippen LogP contribution in [0.5, 0.6) is 0 Å². The number of carboxylic acid groups (broad SMARTS) is 1. The van der Waals surface area contributed by atoms with Crippen LogP contribution in [0.25, 0.3) is 22.2 Å². The highest BCUT2D eigenvalue weighted by Crippen LogP contribution is 2.35. The number of carboxylic acids is 1. The van der Waals surface area contributed by atoms with E-state index in [0.717, 1.165) is 4.90 Å². The summed E-state index contributed by atoms with van der Waals surface area (Å²) in [7, 11) is 1.26. The highest BCUT2D eigenvalue weighted by Gasteiger charge is 2.27. The number of fused-ring (bicyclic) bond motifs is 1. The number of oxazole rings is 1. The summed E-state index contributed by atoms with van der Waals surface area (Å²) in [4.78, 5) is 27.9. The van der Waals surface area contributed by atoms with Crippen LogP contribution in [0.3, 0.4) is 0 Å². The quantitative estimate of drug-likeness (QED) is 0.760. The zero-order chi connectivity index (χ0) is 19.7. The van der Waals surface area contributed by atoms with Gasteiger partial charge in [0.25, 0.3) is 5.89 Å². The van der Waals surface area contributed by atoms with Gasteiger partial charge in [0.05, 0.1) is 5.56 Å². The molecule has 0 atom stereocenters. The minimum absolute atomic E-state index is 0.0701. The Balaban J connectivity index is 2.22. The highest BCUT2D eigenvalue weighted by molar-refractivity contribution is 5.96. The number of hydrogen-bond donors (Lipinski definition) is 1. The summed E-state index contributed by atoms with van der Waals surface area (Å²) in [5.74, 6) is -3.25. The highest BCUT2D eigenvalue weighted by atomic mass is 19.1. The van der Waals surface area contributed by atoms with E-state index < -0.39 is 30.1 Å². The molecule has 3 aromatic rings. The average Bonchev–Trinajstić information content (AvgIpc) is 3.07. The number of aromatic nitrogens is 1. The maximum atomic E-state index is 15.2. The summed E-state index contributed by atoms with van der Waals surface area (Å²) in [6, 6.07) is 10.6. The van der Waals surface area contributed by atoms with E-state index in [4.69, 9.17) is 9.52 Å². The van der Waals surface area contributed by atoms with Crippen LogP contribution in [-0.2, 0) is 4.79 Å². The van der Waals surface area contributed by atoms with Gasteiger partial charge in [-0.1, -0.05) is 30.3 Å². The van der Waals surface area contributed by atoms with Crippen molar-refractivity contribution in [3.8, 4) is 17.2 Å². The van der Waals surface area contributed by atoms with Crippen molar-refractivity contribution in [1.82, 2.24) is 9.88 Å². The van der Waals surface area contributed by atoms with Crippen LogP contribution >= 0.6 is 0 Å². The fraction of sp³-hybridized carbons (Fsp3) is 0.158. The number of rotatable bonds is 4. The first kappa shape index (κ1) is 18.1. The van der Waals surface area contributed by atoms with Crippen molar-refractivity contribution in [2.75, 3.05) is 13.6 Å². The number of carbonyl (C=O) groups is 2. The predicted octanol–water partition coefficient (Wildman–Crippen LogP) is 2.97. The lowest BCUT2D eigenvalue weighted by Crippen LogP contribution is -2.32. The molecule has 0 radical (unpaired) electrons. The molecule has 1 amide bonds. The van der Waals surface area contributed by atoms with Crippen LogP contribution in [-0.4, -0.2) is 40.5 Å². The monoisotopic (exact) mass is 367 g/mol. The zero-order valence-corrected chi connectivity index (χ0v) is 14.5. The molecule has 8 heteroatoms. The van der Waals surface area contributed by atoms with E-state index in [1.54, 1.807) is 37.3 Å². The normalized spacial score (nSPS) is 10.6. The van der Waals surface area contributed by atoms with Gasteiger partial charge in [-0.3, -0.25) is 9.59 Å². The number of carbonyl (C=O) groups excluding carboxylic acids is 1. The third kappa shape index (κ3) is 3.11. The maximum Gasteiger partial charge on any atom is 0.323 e. The van der Waals surface area contributed by atoms with Gasteiger partial charge in [0.1, 0.15) is 18.1 Å². The van der Waals surface area contributed by atoms with E-state index in [2.05, 4.69) is 4.98 Å². The van der Waals surface area contributed by atoms with Gasteiger partial charge in [0.15, 0.2) is 11.4 Å². The molecule has 0 saturated heterocycles. The topological polar surface area (TPSA) is 107 Å². The van der Waals surface area contributed by atoms with Crippen molar-refractivity contribution < 1.29 is 23.5 Å². The number of benzene rings is 2. The Labute approximate surface area is 153 Å². The van der Waals surface area contributed by atoms with Gasteiger partial charge < -0.3 is 14.4 Å². The van der Waals surface area contributed by atoms with Crippen LogP contribution in [0.4, 0.5) is 4.39 Å². The van der Waals surface area contributed by atoms with Crippen LogP contribution in [0.1, 0.15) is 21.8 Å². The molecule has 2 aromatic carbocycles. The van der Waals surface area contributed by atoms with Crippen molar-refractivity contribution in [3.05, 3.63) is 53.2 Å². The van der Waals surface area contributed by atoms with E-state index >= 15 is 4.39 Å². The number of likely N-dealkylation sites (N-methyl/N-ethyl adjacent to an activating group) is 1. The second kappa shape index (κ2) is 6.88. The van der Waals surface area contributed by atoms with Crippen LogP contribution in [0.2, 0.25) is 0 Å². The van der Waals surface area contributed by atoms with E-state index in [1.165, 1.54) is 7.05 Å². The Morgan fingerprint density at radius 1 is 1.33 bits per heavy atom. The lowest BCUT2D eigenvalue weighted by Gasteiger charge is -2.11. The third-order valence-electron chi connectivity index (χ3n) is 4.11. The Morgan fingerprint density at radius 3 is 2.59 bits per heavy atom. The summed E-state index contributed by atoms with van der Waals surface area (Å²) in [5.41, 5.74) is 0.822. The Hall–Kier alpha value is -3.73. The fourth-order valence-corrected chi connectivity index (χ4v) is 2.83. The summed E-state index contributed by atoms with van der Waals surface area (Å²) in [6.07, 6.45) is 0. The molecule has 0 aliphatic carbocycles. The van der Waals surface area contributed by atoms with Crippen LogP contribution in [0.15, 0.2) is 34.7 Å². The van der Waals surface area contributed by atoms with Crippen molar-refractivity contribution in [2.45, 2.75) is 6.92 Å². The van der Waals surface area contributed by atoms with E-state index in [1.807, 2.05) is 6.07 Å². The molecule has 27 heavy (non-hydrogen) atoms. The summed E-state index contributed by atoms with van der Waals surface area (Å²) in [6.45, 7) is 1.02. The molecule has 0 spiro atoms. The molecule has 0 bridgehead atoms. The van der Waals surface area contributed by atoms with Gasteiger partial charge in [-0.05, 0) is 18.1 Å². The maximum absolute atomic E-state index is 15.2. The number of aliphatic carboxylic acids is 1. The number of hydrogen-bond acceptors (Lipinski definition) is 5. The van der Waals surface area contributed by atoms with Crippen LogP contribution in [0, 0.1) is 24.1 Å². The number of nitrogens with zero attached hydrogens (tertiary/aromatic N) is 3. The smallest absolute Gasteiger partial charge is 0.323 e. The molecule has 0 saturated carbocycles. The van der Waals surface area contributed by atoms with E-state index in [-0.39, 0.29) is 22.2 Å². The minimum Gasteiger partial charge on any atom is -0.480 e. The standard InChI is InChI=1S/C19H14FN3O4/c1-10-12(8-21)16-17(15(20)14(10)11-6-4-3-5-7-11)27-18(22-16)19(26)23(2)9-13(24)25/h3-7H,9H2,1-2H3,(H,24,25). The molecular formula is C19H14FN3O4. The molecule has 3 rings (SSSR count). The van der Waals surface area contributed by atoms with Crippen molar-refractivity contribution >= 4 is 23.0 Å². The molecular weight excluding hydrogens is 353 g/mol. The molecule has 1 heterocycles. The molecule has 7 nitrogen and oxygen atoms in total. The lowest BCUT2D eigenvalue weighted by atomic mass is 9.95. The van der Waals surface area contributed by atoms with Gasteiger partial charge in [0.2, 0.25) is 0 Å². The summed E-state index contributed by atoms with van der Waals surface area (Å²) < 4.78 is 20.5. The molecule has 0 aliphatic rings. The van der Waals surface area contributed by atoms with E-state index in [0.29, 0.717) is 11.1 Å². The summed E-state index contributed by atoms with van der Waals surface area (Å²) in [5, 5.41) is 18.3. The molecule has 136 valence electrons. The van der Waals surface area contributed by atoms with Crippen molar-refractivity contribution in [2.24, 2.45) is 0 Å². The molecule has 0 unspecified atom stereocenters. The SMILES string of the molecule is Cc1c(-c2ccccc2)c(F)c2oc(C(=O)N(C)CC(=O)O)nc2c1C#N. The summed E-state index contributed by atoms with van der Waals surface area (Å²) >= 11 is 0. The largest absolute Gasteiger partial charge is 0.480 e. The Bertz CT molecular complexity index is 1100. The molecule has 0 aliphatic heterocycles. The molecule has 0 fully saturated rings. The fourth-order valence-electron chi connectivity index (χ4n) is 2.83. The van der Waals surface area contributed by atoms with Crippen molar-refractivity contribution in [3.63, 3.8) is 0 Å². The Kier molecular flexibility index (Phi) is 4.60. The molecule has 1 N–H and O–H groups in total. The zero-order valence-electron chi connectivity index (χ0n) is 14.5. The Morgan fingerprint density at radius 2 is 2.00 bits per heavy atom. The second-order valence-electron chi connectivity index (χ2n) is 5.92. The molecule has 1 aromatic heterocycles. The lowest BCUT2D eigenvalue weighted by molar-refractivity contribution is -0.137. The van der Waals surface area contributed by atoms with Gasteiger partial charge in [-0.15, -0.1) is 0 Å². The predicted molar refractivity (Wildman–Crippen MR) is 93.5 cm³/mol. The third-order valence-corrected chi connectivity index (χ3v) is 4.11. The van der Waals surface area contributed by atoms with Gasteiger partial charge >= 0.3 is 11.9 Å². The second-order valence-corrected chi connectivity index (χ2v) is 5.92. The number of halogens is 1. The van der Waals surface area contributed by atoms with Gasteiger partial charge in [0, 0.05) is 12.6 Å². The van der Waals surface area contributed by atoms with Crippen molar-refractivity contribution in [1.29, 1.82) is 5.26 Å². The average molecular weight is 367 g/mol. The number of amides is 1. The van der Waals surface area contributed by atoms with Gasteiger partial charge in [-0.2, -0.15) is 5.26 Å². The minimum atomic E-state index is -1.21. The van der Waals surface area contributed by atoms with Gasteiger partial charge in [-0.25, -0.2) is 9.37 Å². The first-order valence-corrected chi connectivity index (χ1v) is 7.90. The van der Waals surface area contributed by atoms with Crippen LogP contribution < -0.4 is 0 Å². The first-order chi connectivity index (χ1) is 12.8. The van der Waals surface area contributed by atoms with E-state index in [9.17, 15) is 14.9 Å². The first-order valence-electron chi connectivity index (χ1n) is 7.90. The number of nitriles is 1.